The zero-order chi connectivity index (χ0) is 44.4. The fourth-order valence-electron chi connectivity index (χ4n) is 7.16. The Hall–Kier alpha value is -2.89. The minimum atomic E-state index is -0.812. The Morgan fingerprint density at radius 3 is 1.08 bits per heavy atom. The molecule has 0 aromatic carbocycles. The van der Waals surface area contributed by atoms with Gasteiger partial charge < -0.3 is 14.2 Å². The summed E-state index contributed by atoms with van der Waals surface area (Å²) in [7, 11) is 0. The average Bonchev–Trinajstić information content (AvgIpc) is 3.26. The molecule has 0 aliphatic heterocycles. The van der Waals surface area contributed by atoms with E-state index < -0.39 is 6.10 Å². The maximum absolute atomic E-state index is 12.7. The number of unbranched alkanes of at least 4 members (excludes halogenated alkanes) is 25. The number of esters is 3. The topological polar surface area (TPSA) is 78.9 Å². The first kappa shape index (κ1) is 58.1. The highest BCUT2D eigenvalue weighted by Gasteiger charge is 2.19. The Kier molecular flexibility index (Phi) is 47.4. The van der Waals surface area contributed by atoms with Gasteiger partial charge in [-0.15, -0.1) is 0 Å². The molecule has 0 saturated carbocycles. The molecule has 1 unspecified atom stereocenters. The van der Waals surface area contributed by atoms with Crippen molar-refractivity contribution in [1.82, 2.24) is 0 Å². The van der Waals surface area contributed by atoms with Crippen molar-refractivity contribution in [3.63, 3.8) is 0 Å². The van der Waals surface area contributed by atoms with Gasteiger partial charge in [0.25, 0.3) is 0 Å². The van der Waals surface area contributed by atoms with Gasteiger partial charge in [0.05, 0.1) is 0 Å². The van der Waals surface area contributed by atoms with Crippen LogP contribution in [0, 0.1) is 0 Å². The van der Waals surface area contributed by atoms with Gasteiger partial charge in [-0.05, 0) is 70.6 Å². The van der Waals surface area contributed by atoms with Crippen LogP contribution in [0.5, 0.6) is 0 Å². The fraction of sp³-hybridized carbons (Fsp3) is 0.764. The van der Waals surface area contributed by atoms with Crippen LogP contribution < -0.4 is 0 Å². The predicted molar refractivity (Wildman–Crippen MR) is 261 cm³/mol. The van der Waals surface area contributed by atoms with Crippen molar-refractivity contribution < 1.29 is 28.6 Å². The SMILES string of the molecule is CC/C=C\C/C=C\C/C=C\C/C=C\CCC(=O)OC(COC(=O)CCCCCCC/C=C\CCCCCC)COC(=O)CCCCCCCCCCCCCCCCCCC. The van der Waals surface area contributed by atoms with Crippen molar-refractivity contribution in [2.75, 3.05) is 13.2 Å². The summed E-state index contributed by atoms with van der Waals surface area (Å²) in [6, 6.07) is 0. The first-order chi connectivity index (χ1) is 30.0. The van der Waals surface area contributed by atoms with Crippen molar-refractivity contribution >= 4 is 17.9 Å². The summed E-state index contributed by atoms with van der Waals surface area (Å²) in [6.45, 7) is 6.45. The summed E-state index contributed by atoms with van der Waals surface area (Å²) in [5.41, 5.74) is 0. The fourth-order valence-corrected chi connectivity index (χ4v) is 7.16. The van der Waals surface area contributed by atoms with Gasteiger partial charge >= 0.3 is 17.9 Å². The van der Waals surface area contributed by atoms with E-state index in [1.807, 2.05) is 12.2 Å². The molecule has 0 aliphatic rings. The van der Waals surface area contributed by atoms with E-state index in [0.29, 0.717) is 19.3 Å². The molecule has 61 heavy (non-hydrogen) atoms. The lowest BCUT2D eigenvalue weighted by Gasteiger charge is -2.18. The average molecular weight is 853 g/mol. The molecule has 0 radical (unpaired) electrons. The summed E-state index contributed by atoms with van der Waals surface area (Å²) in [5, 5.41) is 0. The van der Waals surface area contributed by atoms with E-state index in [4.69, 9.17) is 14.2 Å². The molecule has 0 spiro atoms. The van der Waals surface area contributed by atoms with Crippen LogP contribution in [0.25, 0.3) is 0 Å². The summed E-state index contributed by atoms with van der Waals surface area (Å²) >= 11 is 0. The van der Waals surface area contributed by atoms with Gasteiger partial charge in [0, 0.05) is 19.3 Å². The number of ether oxygens (including phenoxy) is 3. The minimum Gasteiger partial charge on any atom is -0.462 e. The van der Waals surface area contributed by atoms with Crippen molar-refractivity contribution in [3.8, 4) is 0 Å². The normalized spacial score (nSPS) is 12.5. The maximum atomic E-state index is 12.7. The van der Waals surface area contributed by atoms with Crippen molar-refractivity contribution in [2.24, 2.45) is 0 Å². The Bertz CT molecular complexity index is 1120. The largest absolute Gasteiger partial charge is 0.462 e. The number of carbonyl (C=O) groups excluding carboxylic acids is 3. The lowest BCUT2D eigenvalue weighted by atomic mass is 10.0. The third-order valence-electron chi connectivity index (χ3n) is 11.0. The zero-order valence-electron chi connectivity index (χ0n) is 40.2. The van der Waals surface area contributed by atoms with Crippen LogP contribution in [0.15, 0.2) is 60.8 Å². The van der Waals surface area contributed by atoms with E-state index in [1.165, 1.54) is 135 Å². The minimum absolute atomic E-state index is 0.103. The van der Waals surface area contributed by atoms with Crippen molar-refractivity contribution in [2.45, 2.75) is 258 Å². The van der Waals surface area contributed by atoms with E-state index in [0.717, 1.165) is 70.6 Å². The van der Waals surface area contributed by atoms with Crippen LogP contribution in [0.4, 0.5) is 0 Å². The first-order valence-electron chi connectivity index (χ1n) is 25.8. The molecule has 0 rings (SSSR count). The van der Waals surface area contributed by atoms with E-state index >= 15 is 0 Å². The molecule has 352 valence electrons. The van der Waals surface area contributed by atoms with Crippen LogP contribution in [0.3, 0.4) is 0 Å². The van der Waals surface area contributed by atoms with Crippen molar-refractivity contribution in [1.29, 1.82) is 0 Å². The molecule has 0 saturated heterocycles. The number of carbonyl (C=O) groups is 3. The smallest absolute Gasteiger partial charge is 0.306 e. The number of hydrogen-bond acceptors (Lipinski definition) is 6. The molecule has 0 amide bonds. The second-order valence-corrected chi connectivity index (χ2v) is 17.1. The zero-order valence-corrected chi connectivity index (χ0v) is 40.2. The van der Waals surface area contributed by atoms with Gasteiger partial charge in [-0.25, -0.2) is 0 Å². The molecule has 0 aromatic heterocycles. The van der Waals surface area contributed by atoms with E-state index in [1.54, 1.807) is 0 Å². The Labute approximate surface area is 377 Å². The molecule has 0 aromatic rings. The van der Waals surface area contributed by atoms with Gasteiger partial charge in [0.2, 0.25) is 0 Å². The van der Waals surface area contributed by atoms with Gasteiger partial charge in [0.1, 0.15) is 13.2 Å². The Morgan fingerprint density at radius 2 is 0.672 bits per heavy atom. The lowest BCUT2D eigenvalue weighted by molar-refractivity contribution is -0.166. The molecule has 6 heteroatoms. The molecule has 0 N–H and O–H groups in total. The Balaban J connectivity index is 4.42. The first-order valence-corrected chi connectivity index (χ1v) is 25.8. The van der Waals surface area contributed by atoms with Gasteiger partial charge in [0.15, 0.2) is 6.10 Å². The summed E-state index contributed by atoms with van der Waals surface area (Å²) < 4.78 is 16.7. The summed E-state index contributed by atoms with van der Waals surface area (Å²) in [6.07, 6.45) is 60.8. The molecular formula is C55H96O6. The van der Waals surface area contributed by atoms with Crippen LogP contribution in [-0.2, 0) is 28.6 Å². The number of allylic oxidation sites excluding steroid dienone is 10. The molecule has 0 fully saturated rings. The highest BCUT2D eigenvalue weighted by molar-refractivity contribution is 5.71. The van der Waals surface area contributed by atoms with Crippen LogP contribution >= 0.6 is 0 Å². The maximum Gasteiger partial charge on any atom is 0.306 e. The third-order valence-corrected chi connectivity index (χ3v) is 11.0. The summed E-state index contributed by atoms with van der Waals surface area (Å²) in [4.78, 5) is 37.9. The summed E-state index contributed by atoms with van der Waals surface area (Å²) in [5.74, 6) is -0.989. The van der Waals surface area contributed by atoms with E-state index in [9.17, 15) is 14.4 Å². The quantitative estimate of drug-likeness (QED) is 0.0263. The van der Waals surface area contributed by atoms with Gasteiger partial charge in [-0.2, -0.15) is 0 Å². The molecule has 0 bridgehead atoms. The van der Waals surface area contributed by atoms with Crippen LogP contribution in [0.2, 0.25) is 0 Å². The van der Waals surface area contributed by atoms with Crippen LogP contribution in [-0.4, -0.2) is 37.2 Å². The molecule has 6 nitrogen and oxygen atoms in total. The van der Waals surface area contributed by atoms with Crippen molar-refractivity contribution in [3.05, 3.63) is 60.8 Å². The second kappa shape index (κ2) is 49.8. The highest BCUT2D eigenvalue weighted by Crippen LogP contribution is 2.15. The standard InChI is InChI=1S/C55H96O6/c1-4-7-10-13-16-19-22-25-26-27-28-31-33-36-39-42-45-48-54(57)60-51-52(61-55(58)49-46-43-40-37-34-30-24-21-18-15-12-9-6-3)50-59-53(56)47-44-41-38-35-32-29-23-20-17-14-11-8-5-2/h9,12,18,20-21,23,30,34,40,43,52H,4-8,10-11,13-17,19,22,24-29,31-33,35-39,41-42,44-51H2,1-3H3/b12-9-,21-18-,23-20-,34-30-,43-40-. The molecular weight excluding hydrogens is 757 g/mol. The second-order valence-electron chi connectivity index (χ2n) is 17.1. The monoisotopic (exact) mass is 853 g/mol. The molecule has 0 aliphatic carbocycles. The number of rotatable bonds is 46. The van der Waals surface area contributed by atoms with Gasteiger partial charge in [-0.3, -0.25) is 14.4 Å². The third kappa shape index (κ3) is 48.0. The van der Waals surface area contributed by atoms with Gasteiger partial charge in [-0.1, -0.05) is 223 Å². The Morgan fingerprint density at radius 1 is 0.344 bits per heavy atom. The highest BCUT2D eigenvalue weighted by atomic mass is 16.6. The lowest BCUT2D eigenvalue weighted by Crippen LogP contribution is -2.30. The predicted octanol–water partition coefficient (Wildman–Crippen LogP) is 16.9. The molecule has 1 atom stereocenters. The van der Waals surface area contributed by atoms with E-state index in [-0.39, 0.29) is 37.5 Å². The van der Waals surface area contributed by atoms with E-state index in [2.05, 4.69) is 69.4 Å². The number of hydrogen-bond donors (Lipinski definition) is 0. The molecule has 0 heterocycles. The van der Waals surface area contributed by atoms with Crippen LogP contribution in [0.1, 0.15) is 252 Å².